The van der Waals surface area contributed by atoms with Crippen molar-refractivity contribution in [2.75, 3.05) is 18.0 Å². The maximum atomic E-state index is 12.8. The van der Waals surface area contributed by atoms with Gasteiger partial charge in [-0.1, -0.05) is 11.6 Å². The van der Waals surface area contributed by atoms with Gasteiger partial charge in [-0.2, -0.15) is 4.98 Å². The number of rotatable bonds is 3. The summed E-state index contributed by atoms with van der Waals surface area (Å²) in [6.07, 6.45) is 4.04. The molecule has 136 valence electrons. The number of aryl methyl sites for hydroxylation is 1. The van der Waals surface area contributed by atoms with Gasteiger partial charge < -0.3 is 15.2 Å². The van der Waals surface area contributed by atoms with Gasteiger partial charge in [0.2, 0.25) is 5.95 Å². The van der Waals surface area contributed by atoms with Crippen molar-refractivity contribution < 1.29 is 0 Å². The second-order valence-electron chi connectivity index (χ2n) is 7.03. The Hall–Kier alpha value is -2.35. The van der Waals surface area contributed by atoms with Crippen LogP contribution in [0, 0.1) is 0 Å². The fraction of sp³-hybridized carbons (Fsp3) is 0.588. The number of nitrogens with two attached hydrogens (primary N) is 1. The predicted octanol–water partition coefficient (Wildman–Crippen LogP) is 0.327. The van der Waals surface area contributed by atoms with Crippen molar-refractivity contribution in [3.63, 3.8) is 0 Å². The van der Waals surface area contributed by atoms with E-state index in [1.807, 2.05) is 18.4 Å². The summed E-state index contributed by atoms with van der Waals surface area (Å²) >= 11 is 0. The first-order valence-electron chi connectivity index (χ1n) is 8.61. The van der Waals surface area contributed by atoms with E-state index in [-0.39, 0.29) is 17.3 Å². The average Bonchev–Trinajstić information content (AvgIpc) is 2.96. The summed E-state index contributed by atoms with van der Waals surface area (Å²) in [5.74, 6) is 0.709. The van der Waals surface area contributed by atoms with E-state index in [1.54, 1.807) is 7.05 Å². The fourth-order valence-corrected chi connectivity index (χ4v) is 3.31. The van der Waals surface area contributed by atoms with E-state index in [4.69, 9.17) is 5.73 Å². The molecular weight excluding hydrogens is 320 g/mol. The molecule has 8 nitrogen and oxygen atoms in total. The van der Waals surface area contributed by atoms with E-state index < -0.39 is 0 Å². The van der Waals surface area contributed by atoms with Gasteiger partial charge in [0.25, 0.3) is 5.56 Å². The lowest BCUT2D eigenvalue weighted by molar-refractivity contribution is 0.495. The topological polar surface area (TPSA) is 91.1 Å². The number of piperidine rings is 1. The maximum absolute atomic E-state index is 12.8. The molecule has 2 N–H and O–H groups in total. The zero-order valence-electron chi connectivity index (χ0n) is 15.3. The maximum Gasteiger partial charge on any atom is 0.332 e. The van der Waals surface area contributed by atoms with E-state index in [9.17, 15) is 9.59 Å². The van der Waals surface area contributed by atoms with Crippen LogP contribution in [0.2, 0.25) is 0 Å². The van der Waals surface area contributed by atoms with Crippen LogP contribution in [0.15, 0.2) is 21.2 Å². The predicted molar refractivity (Wildman–Crippen MR) is 99.1 cm³/mol. The molecular formula is C17H26N6O2. The Balaban J connectivity index is 2.28. The summed E-state index contributed by atoms with van der Waals surface area (Å²) in [5, 5.41) is 0. The molecule has 3 rings (SSSR count). The highest BCUT2D eigenvalue weighted by molar-refractivity contribution is 5.74. The Morgan fingerprint density at radius 1 is 1.28 bits per heavy atom. The highest BCUT2D eigenvalue weighted by Crippen LogP contribution is 2.23. The molecule has 0 spiro atoms. The minimum absolute atomic E-state index is 0.0946. The second-order valence-corrected chi connectivity index (χ2v) is 7.03. The van der Waals surface area contributed by atoms with E-state index in [2.05, 4.69) is 16.0 Å². The van der Waals surface area contributed by atoms with Crippen LogP contribution in [-0.4, -0.2) is 37.8 Å². The fourth-order valence-electron chi connectivity index (χ4n) is 3.31. The molecule has 0 aliphatic carbocycles. The number of hydrogen-bond acceptors (Lipinski definition) is 5. The largest absolute Gasteiger partial charge is 0.341 e. The number of allylic oxidation sites excluding steroid dienone is 2. The van der Waals surface area contributed by atoms with E-state index >= 15 is 0 Å². The summed E-state index contributed by atoms with van der Waals surface area (Å²) in [5.41, 5.74) is 7.47. The second kappa shape index (κ2) is 6.51. The molecule has 1 aliphatic rings. The molecule has 8 heteroatoms. The van der Waals surface area contributed by atoms with Crippen molar-refractivity contribution in [1.29, 1.82) is 0 Å². The van der Waals surface area contributed by atoms with Gasteiger partial charge in [0.1, 0.15) is 0 Å². The molecule has 25 heavy (non-hydrogen) atoms. The van der Waals surface area contributed by atoms with E-state index in [0.29, 0.717) is 30.2 Å². The van der Waals surface area contributed by atoms with Crippen molar-refractivity contribution in [3.05, 3.63) is 32.5 Å². The highest BCUT2D eigenvalue weighted by atomic mass is 16.2. The van der Waals surface area contributed by atoms with Gasteiger partial charge in [-0.05, 0) is 26.7 Å². The Morgan fingerprint density at radius 3 is 2.64 bits per heavy atom. The smallest absolute Gasteiger partial charge is 0.332 e. The summed E-state index contributed by atoms with van der Waals surface area (Å²) in [6, 6.07) is 0.0946. The normalized spacial score (nSPS) is 18.0. The number of nitrogens with zero attached hydrogens (tertiary/aromatic N) is 5. The summed E-state index contributed by atoms with van der Waals surface area (Å²) < 4.78 is 4.47. The molecule has 0 amide bonds. The molecule has 3 heterocycles. The van der Waals surface area contributed by atoms with Crippen LogP contribution in [0.3, 0.4) is 0 Å². The molecule has 0 aromatic carbocycles. The van der Waals surface area contributed by atoms with Crippen molar-refractivity contribution >= 4 is 17.1 Å². The Bertz CT molecular complexity index is 945. The van der Waals surface area contributed by atoms with Gasteiger partial charge in [0.15, 0.2) is 11.2 Å². The van der Waals surface area contributed by atoms with E-state index in [1.165, 1.54) is 11.6 Å². The molecule has 2 aromatic rings. The van der Waals surface area contributed by atoms with Crippen molar-refractivity contribution in [2.24, 2.45) is 19.8 Å². The zero-order chi connectivity index (χ0) is 18.3. The SMILES string of the molecule is CC(C)=CCn1c(N2CCC[C@H](N)C2)nc2c1c(=O)n(C)c(=O)n2C. The van der Waals surface area contributed by atoms with Crippen LogP contribution >= 0.6 is 0 Å². The van der Waals surface area contributed by atoms with Crippen molar-refractivity contribution in [2.45, 2.75) is 39.3 Å². The summed E-state index contributed by atoms with van der Waals surface area (Å²) in [7, 11) is 3.15. The minimum atomic E-state index is -0.369. The van der Waals surface area contributed by atoms with Crippen LogP contribution in [0.4, 0.5) is 5.95 Å². The summed E-state index contributed by atoms with van der Waals surface area (Å²) in [6.45, 7) is 6.12. The molecule has 1 saturated heterocycles. The number of anilines is 1. The van der Waals surface area contributed by atoms with Gasteiger partial charge in [0, 0.05) is 39.8 Å². The first-order chi connectivity index (χ1) is 11.8. The lowest BCUT2D eigenvalue weighted by Crippen LogP contribution is -2.44. The molecule has 1 fully saturated rings. The van der Waals surface area contributed by atoms with Gasteiger partial charge >= 0.3 is 5.69 Å². The van der Waals surface area contributed by atoms with Gasteiger partial charge in [-0.15, -0.1) is 0 Å². The number of hydrogen-bond donors (Lipinski definition) is 1. The van der Waals surface area contributed by atoms with Crippen LogP contribution in [-0.2, 0) is 20.6 Å². The first kappa shape index (κ1) is 17.5. The van der Waals surface area contributed by atoms with Crippen LogP contribution < -0.4 is 21.9 Å². The molecule has 0 saturated carbocycles. The monoisotopic (exact) mass is 346 g/mol. The number of fused-ring (bicyclic) bond motifs is 1. The van der Waals surface area contributed by atoms with Gasteiger partial charge in [-0.3, -0.25) is 13.9 Å². The van der Waals surface area contributed by atoms with Crippen LogP contribution in [0.5, 0.6) is 0 Å². The lowest BCUT2D eigenvalue weighted by atomic mass is 10.1. The number of imidazole rings is 1. The molecule has 0 radical (unpaired) electrons. The standard InChI is InChI=1S/C17H26N6O2/c1-11(2)7-9-23-13-14(20(3)17(25)21(4)15(13)24)19-16(23)22-8-5-6-12(18)10-22/h7,12H,5-6,8-10,18H2,1-4H3/t12-/m0/s1. The quantitative estimate of drug-likeness (QED) is 0.809. The Kier molecular flexibility index (Phi) is 4.55. The molecule has 0 unspecified atom stereocenters. The Morgan fingerprint density at radius 2 is 2.00 bits per heavy atom. The van der Waals surface area contributed by atoms with Crippen LogP contribution in [0.25, 0.3) is 11.2 Å². The third-order valence-electron chi connectivity index (χ3n) is 4.75. The van der Waals surface area contributed by atoms with Crippen molar-refractivity contribution in [1.82, 2.24) is 18.7 Å². The van der Waals surface area contributed by atoms with Crippen LogP contribution in [0.1, 0.15) is 26.7 Å². The molecule has 1 aliphatic heterocycles. The Labute approximate surface area is 146 Å². The molecule has 1 atom stereocenters. The van der Waals surface area contributed by atoms with Crippen molar-refractivity contribution in [3.8, 4) is 0 Å². The lowest BCUT2D eigenvalue weighted by Gasteiger charge is -2.31. The number of aromatic nitrogens is 4. The third-order valence-corrected chi connectivity index (χ3v) is 4.75. The van der Waals surface area contributed by atoms with Gasteiger partial charge in [0.05, 0.1) is 0 Å². The van der Waals surface area contributed by atoms with Gasteiger partial charge in [-0.25, -0.2) is 4.79 Å². The zero-order valence-corrected chi connectivity index (χ0v) is 15.3. The summed E-state index contributed by atoms with van der Waals surface area (Å²) in [4.78, 5) is 31.8. The first-order valence-corrected chi connectivity index (χ1v) is 8.61. The molecule has 0 bridgehead atoms. The highest BCUT2D eigenvalue weighted by Gasteiger charge is 2.25. The third kappa shape index (κ3) is 3.02. The minimum Gasteiger partial charge on any atom is -0.341 e. The molecule has 2 aromatic heterocycles. The average molecular weight is 346 g/mol. The van der Waals surface area contributed by atoms with E-state index in [0.717, 1.165) is 29.5 Å².